The molecule has 0 bridgehead atoms. The Bertz CT molecular complexity index is 521. The third kappa shape index (κ3) is 2.79. The first-order valence-corrected chi connectivity index (χ1v) is 6.37. The Kier molecular flexibility index (Phi) is 3.82. The van der Waals surface area contributed by atoms with E-state index in [0.717, 1.165) is 10.9 Å². The first-order valence-electron chi connectivity index (χ1n) is 6.37. The minimum absolute atomic E-state index is 0.306. The zero-order valence-electron chi connectivity index (χ0n) is 10.9. The number of benzene rings is 1. The maximum absolute atomic E-state index is 10.2. The zero-order chi connectivity index (χ0) is 13.0. The summed E-state index contributed by atoms with van der Waals surface area (Å²) in [5.41, 5.74) is 0.206. The van der Waals surface area contributed by atoms with Crippen molar-refractivity contribution in [3.05, 3.63) is 36.5 Å². The van der Waals surface area contributed by atoms with Crippen LogP contribution < -0.4 is 4.74 Å². The van der Waals surface area contributed by atoms with Crippen LogP contribution in [0.5, 0.6) is 5.75 Å². The van der Waals surface area contributed by atoms with Crippen molar-refractivity contribution in [3.8, 4) is 5.75 Å². The molecule has 0 saturated heterocycles. The van der Waals surface area contributed by atoms with E-state index in [2.05, 4.69) is 4.98 Å². The standard InChI is InChI=1S/C15H19NO2/c1-3-15(17,4-2)11-18-13-9-12-7-5-6-8-14(12)16-10-13/h5-10,17H,3-4,11H2,1-2H3. The van der Waals surface area contributed by atoms with Crippen molar-refractivity contribution >= 4 is 10.9 Å². The fraction of sp³-hybridized carbons (Fsp3) is 0.400. The molecule has 0 radical (unpaired) electrons. The summed E-state index contributed by atoms with van der Waals surface area (Å²) in [5.74, 6) is 0.703. The summed E-state index contributed by atoms with van der Waals surface area (Å²) in [6.07, 6.45) is 3.07. The molecule has 18 heavy (non-hydrogen) atoms. The van der Waals surface area contributed by atoms with Crippen molar-refractivity contribution in [2.75, 3.05) is 6.61 Å². The van der Waals surface area contributed by atoms with Gasteiger partial charge in [0.1, 0.15) is 12.4 Å². The van der Waals surface area contributed by atoms with Gasteiger partial charge in [-0.15, -0.1) is 0 Å². The molecule has 2 aromatic rings. The second-order valence-corrected chi connectivity index (χ2v) is 4.58. The predicted octanol–water partition coefficient (Wildman–Crippen LogP) is 3.16. The fourth-order valence-electron chi connectivity index (χ4n) is 1.80. The van der Waals surface area contributed by atoms with Crippen molar-refractivity contribution in [1.82, 2.24) is 4.98 Å². The first kappa shape index (κ1) is 12.8. The maximum atomic E-state index is 10.2. The second-order valence-electron chi connectivity index (χ2n) is 4.58. The van der Waals surface area contributed by atoms with E-state index in [1.54, 1.807) is 6.20 Å². The molecule has 1 aromatic carbocycles. The molecule has 3 nitrogen and oxygen atoms in total. The molecule has 0 aliphatic rings. The first-order chi connectivity index (χ1) is 8.67. The second kappa shape index (κ2) is 5.36. The molecular weight excluding hydrogens is 226 g/mol. The Hall–Kier alpha value is -1.61. The van der Waals surface area contributed by atoms with Gasteiger partial charge in [-0.2, -0.15) is 0 Å². The molecule has 0 aliphatic carbocycles. The Morgan fingerprint density at radius 3 is 2.67 bits per heavy atom. The van der Waals surface area contributed by atoms with Gasteiger partial charge in [0.2, 0.25) is 0 Å². The third-order valence-corrected chi connectivity index (χ3v) is 3.39. The highest BCUT2D eigenvalue weighted by molar-refractivity contribution is 5.79. The Morgan fingerprint density at radius 2 is 1.94 bits per heavy atom. The molecule has 1 heterocycles. The molecule has 96 valence electrons. The van der Waals surface area contributed by atoms with Gasteiger partial charge in [-0.3, -0.25) is 4.98 Å². The fourth-order valence-corrected chi connectivity index (χ4v) is 1.80. The minimum Gasteiger partial charge on any atom is -0.489 e. The van der Waals surface area contributed by atoms with E-state index in [9.17, 15) is 5.11 Å². The van der Waals surface area contributed by atoms with Crippen LogP contribution in [0.1, 0.15) is 26.7 Å². The highest BCUT2D eigenvalue weighted by atomic mass is 16.5. The molecule has 1 N–H and O–H groups in total. The van der Waals surface area contributed by atoms with Gasteiger partial charge in [0.15, 0.2) is 0 Å². The quantitative estimate of drug-likeness (QED) is 0.879. The highest BCUT2D eigenvalue weighted by Gasteiger charge is 2.23. The van der Waals surface area contributed by atoms with E-state index in [0.29, 0.717) is 25.2 Å². The SMILES string of the molecule is CCC(O)(CC)COc1cnc2ccccc2c1. The molecular formula is C15H19NO2. The Balaban J connectivity index is 2.12. The molecule has 1 aromatic heterocycles. The van der Waals surface area contributed by atoms with Crippen LogP contribution >= 0.6 is 0 Å². The number of para-hydroxylation sites is 1. The lowest BCUT2D eigenvalue weighted by atomic mass is 9.99. The lowest BCUT2D eigenvalue weighted by Gasteiger charge is -2.25. The summed E-state index contributed by atoms with van der Waals surface area (Å²) in [6.45, 7) is 4.23. The molecule has 0 saturated carbocycles. The van der Waals surface area contributed by atoms with Gasteiger partial charge >= 0.3 is 0 Å². The molecule has 0 amide bonds. The molecule has 2 rings (SSSR count). The van der Waals surface area contributed by atoms with E-state index in [-0.39, 0.29) is 0 Å². The number of aromatic nitrogens is 1. The van der Waals surface area contributed by atoms with E-state index in [1.165, 1.54) is 0 Å². The van der Waals surface area contributed by atoms with Gasteiger partial charge in [-0.1, -0.05) is 32.0 Å². The molecule has 3 heteroatoms. The average molecular weight is 245 g/mol. The monoisotopic (exact) mass is 245 g/mol. The summed E-state index contributed by atoms with van der Waals surface area (Å²) in [5, 5.41) is 11.2. The molecule has 0 spiro atoms. The topological polar surface area (TPSA) is 42.4 Å². The van der Waals surface area contributed by atoms with Gasteiger partial charge in [0.05, 0.1) is 17.3 Å². The number of hydrogen-bond donors (Lipinski definition) is 1. The lowest BCUT2D eigenvalue weighted by Crippen LogP contribution is -2.34. The van der Waals surface area contributed by atoms with Gasteiger partial charge in [0, 0.05) is 5.39 Å². The average Bonchev–Trinajstić information content (AvgIpc) is 2.44. The van der Waals surface area contributed by atoms with Crippen molar-refractivity contribution in [2.24, 2.45) is 0 Å². The zero-order valence-corrected chi connectivity index (χ0v) is 10.9. The Labute approximate surface area is 107 Å². The lowest BCUT2D eigenvalue weighted by molar-refractivity contribution is -0.0114. The number of rotatable bonds is 5. The number of pyridine rings is 1. The largest absolute Gasteiger partial charge is 0.489 e. The molecule has 0 atom stereocenters. The van der Waals surface area contributed by atoms with Crippen molar-refractivity contribution in [1.29, 1.82) is 0 Å². The number of ether oxygens (including phenoxy) is 1. The summed E-state index contributed by atoms with van der Waals surface area (Å²) in [4.78, 5) is 4.33. The van der Waals surface area contributed by atoms with E-state index in [4.69, 9.17) is 4.74 Å². The minimum atomic E-state index is -0.744. The normalized spacial score (nSPS) is 11.7. The van der Waals surface area contributed by atoms with Crippen LogP contribution in [-0.4, -0.2) is 22.3 Å². The Morgan fingerprint density at radius 1 is 1.22 bits per heavy atom. The van der Waals surface area contributed by atoms with Crippen molar-refractivity contribution in [3.63, 3.8) is 0 Å². The van der Waals surface area contributed by atoms with Crippen LogP contribution in [0.3, 0.4) is 0 Å². The van der Waals surface area contributed by atoms with Gasteiger partial charge in [0.25, 0.3) is 0 Å². The molecule has 0 unspecified atom stereocenters. The van der Waals surface area contributed by atoms with Crippen LogP contribution in [0.4, 0.5) is 0 Å². The van der Waals surface area contributed by atoms with E-state index in [1.807, 2.05) is 44.2 Å². The number of hydrogen-bond acceptors (Lipinski definition) is 3. The van der Waals surface area contributed by atoms with Crippen molar-refractivity contribution in [2.45, 2.75) is 32.3 Å². The summed E-state index contributed by atoms with van der Waals surface area (Å²) in [7, 11) is 0. The summed E-state index contributed by atoms with van der Waals surface area (Å²) < 4.78 is 5.65. The van der Waals surface area contributed by atoms with Gasteiger partial charge < -0.3 is 9.84 Å². The van der Waals surface area contributed by atoms with Crippen LogP contribution in [0.25, 0.3) is 10.9 Å². The van der Waals surface area contributed by atoms with Crippen LogP contribution in [0, 0.1) is 0 Å². The van der Waals surface area contributed by atoms with Gasteiger partial charge in [-0.05, 0) is 25.0 Å². The van der Waals surface area contributed by atoms with E-state index >= 15 is 0 Å². The number of nitrogens with zero attached hydrogens (tertiary/aromatic N) is 1. The molecule has 0 aliphatic heterocycles. The summed E-state index contributed by atoms with van der Waals surface area (Å²) in [6, 6.07) is 9.85. The smallest absolute Gasteiger partial charge is 0.138 e. The third-order valence-electron chi connectivity index (χ3n) is 3.39. The molecule has 0 fully saturated rings. The highest BCUT2D eigenvalue weighted by Crippen LogP contribution is 2.21. The van der Waals surface area contributed by atoms with Crippen LogP contribution in [0.2, 0.25) is 0 Å². The van der Waals surface area contributed by atoms with Crippen molar-refractivity contribution < 1.29 is 9.84 Å². The number of aliphatic hydroxyl groups is 1. The van der Waals surface area contributed by atoms with Crippen LogP contribution in [-0.2, 0) is 0 Å². The number of fused-ring (bicyclic) bond motifs is 1. The maximum Gasteiger partial charge on any atom is 0.138 e. The van der Waals surface area contributed by atoms with Gasteiger partial charge in [-0.25, -0.2) is 0 Å². The predicted molar refractivity (Wildman–Crippen MR) is 72.8 cm³/mol. The van der Waals surface area contributed by atoms with Crippen LogP contribution in [0.15, 0.2) is 36.5 Å². The van der Waals surface area contributed by atoms with E-state index < -0.39 is 5.60 Å². The summed E-state index contributed by atoms with van der Waals surface area (Å²) >= 11 is 0.